The molecule has 152 valence electrons. The van der Waals surface area contributed by atoms with Crippen molar-refractivity contribution in [1.29, 1.82) is 0 Å². The Morgan fingerprint density at radius 2 is 2.14 bits per heavy atom. The van der Waals surface area contributed by atoms with E-state index in [0.717, 1.165) is 35.0 Å². The SMILES string of the molecule is CCOC(=O)c1sc(C(C)NC(=NC)NCCCc2ccccc2Cl)nc1C. The van der Waals surface area contributed by atoms with Gasteiger partial charge in [-0.3, -0.25) is 4.99 Å². The molecule has 0 spiro atoms. The summed E-state index contributed by atoms with van der Waals surface area (Å²) in [5, 5.41) is 8.24. The lowest BCUT2D eigenvalue weighted by atomic mass is 10.1. The van der Waals surface area contributed by atoms with Gasteiger partial charge in [0.15, 0.2) is 5.96 Å². The molecule has 2 N–H and O–H groups in total. The highest BCUT2D eigenvalue weighted by atomic mass is 35.5. The summed E-state index contributed by atoms with van der Waals surface area (Å²) in [6, 6.07) is 7.81. The second-order valence-corrected chi connectivity index (χ2v) is 7.68. The molecule has 0 amide bonds. The Hall–Kier alpha value is -2.12. The van der Waals surface area contributed by atoms with Crippen molar-refractivity contribution in [3.05, 3.63) is 50.4 Å². The Morgan fingerprint density at radius 3 is 2.82 bits per heavy atom. The van der Waals surface area contributed by atoms with Crippen LogP contribution in [0, 0.1) is 6.92 Å². The van der Waals surface area contributed by atoms with E-state index in [-0.39, 0.29) is 12.0 Å². The number of aromatic nitrogens is 1. The van der Waals surface area contributed by atoms with E-state index in [2.05, 4.69) is 20.6 Å². The molecule has 0 aliphatic carbocycles. The molecule has 1 atom stereocenters. The van der Waals surface area contributed by atoms with Gasteiger partial charge in [0.05, 0.1) is 18.3 Å². The van der Waals surface area contributed by atoms with Crippen LogP contribution in [0.2, 0.25) is 5.02 Å². The number of hydrogen-bond acceptors (Lipinski definition) is 5. The van der Waals surface area contributed by atoms with Gasteiger partial charge < -0.3 is 15.4 Å². The Bertz CT molecular complexity index is 822. The van der Waals surface area contributed by atoms with Crippen molar-refractivity contribution in [1.82, 2.24) is 15.6 Å². The molecule has 0 saturated heterocycles. The Morgan fingerprint density at radius 1 is 1.39 bits per heavy atom. The molecule has 1 aromatic carbocycles. The van der Waals surface area contributed by atoms with Crippen LogP contribution in [-0.2, 0) is 11.2 Å². The van der Waals surface area contributed by atoms with Gasteiger partial charge in [-0.05, 0) is 45.2 Å². The third kappa shape index (κ3) is 6.21. The number of rotatable bonds is 8. The van der Waals surface area contributed by atoms with Crippen molar-refractivity contribution in [2.24, 2.45) is 4.99 Å². The summed E-state index contributed by atoms with van der Waals surface area (Å²) in [6.07, 6.45) is 1.83. The number of aliphatic imine (C=N–C) groups is 1. The van der Waals surface area contributed by atoms with Gasteiger partial charge in [-0.15, -0.1) is 11.3 Å². The van der Waals surface area contributed by atoms with Gasteiger partial charge in [-0.2, -0.15) is 0 Å². The van der Waals surface area contributed by atoms with Gasteiger partial charge in [0.25, 0.3) is 0 Å². The lowest BCUT2D eigenvalue weighted by molar-refractivity contribution is 0.0531. The number of hydrogen-bond donors (Lipinski definition) is 2. The van der Waals surface area contributed by atoms with E-state index in [4.69, 9.17) is 16.3 Å². The van der Waals surface area contributed by atoms with Gasteiger partial charge in [0.2, 0.25) is 0 Å². The molecular weight excluding hydrogens is 396 g/mol. The summed E-state index contributed by atoms with van der Waals surface area (Å²) in [5.41, 5.74) is 1.84. The van der Waals surface area contributed by atoms with Crippen LogP contribution in [0.15, 0.2) is 29.3 Å². The summed E-state index contributed by atoms with van der Waals surface area (Å²) in [7, 11) is 1.73. The minimum absolute atomic E-state index is 0.0818. The average molecular weight is 423 g/mol. The summed E-state index contributed by atoms with van der Waals surface area (Å²) < 4.78 is 5.08. The predicted molar refractivity (Wildman–Crippen MR) is 115 cm³/mol. The van der Waals surface area contributed by atoms with Crippen molar-refractivity contribution in [2.75, 3.05) is 20.2 Å². The molecule has 1 unspecified atom stereocenters. The molecule has 2 rings (SSSR count). The van der Waals surface area contributed by atoms with Crippen LogP contribution < -0.4 is 10.6 Å². The topological polar surface area (TPSA) is 75.6 Å². The van der Waals surface area contributed by atoms with E-state index in [1.165, 1.54) is 11.3 Å². The lowest BCUT2D eigenvalue weighted by Crippen LogP contribution is -2.39. The van der Waals surface area contributed by atoms with Gasteiger partial charge in [0.1, 0.15) is 9.88 Å². The first kappa shape index (κ1) is 22.2. The number of carbonyl (C=O) groups is 1. The quantitative estimate of drug-likeness (QED) is 0.289. The summed E-state index contributed by atoms with van der Waals surface area (Å²) >= 11 is 7.54. The van der Waals surface area contributed by atoms with E-state index in [9.17, 15) is 4.79 Å². The van der Waals surface area contributed by atoms with Gasteiger partial charge >= 0.3 is 5.97 Å². The molecule has 0 bridgehead atoms. The average Bonchev–Trinajstić information content (AvgIpc) is 3.07. The monoisotopic (exact) mass is 422 g/mol. The smallest absolute Gasteiger partial charge is 0.350 e. The van der Waals surface area contributed by atoms with Crippen molar-refractivity contribution >= 4 is 34.9 Å². The zero-order valence-electron chi connectivity index (χ0n) is 16.7. The van der Waals surface area contributed by atoms with E-state index in [1.807, 2.05) is 38.1 Å². The first-order chi connectivity index (χ1) is 13.5. The third-order valence-corrected chi connectivity index (χ3v) is 5.78. The maximum Gasteiger partial charge on any atom is 0.350 e. The highest BCUT2D eigenvalue weighted by Gasteiger charge is 2.20. The van der Waals surface area contributed by atoms with Crippen LogP contribution in [-0.4, -0.2) is 37.1 Å². The molecule has 0 aliphatic heterocycles. The molecule has 0 fully saturated rings. The molecule has 2 aromatic rings. The molecule has 0 saturated carbocycles. The molecule has 6 nitrogen and oxygen atoms in total. The van der Waals surface area contributed by atoms with Crippen molar-refractivity contribution in [2.45, 2.75) is 39.7 Å². The summed E-state index contributed by atoms with van der Waals surface area (Å²) in [6.45, 7) is 6.72. The van der Waals surface area contributed by atoms with E-state index in [1.54, 1.807) is 14.0 Å². The predicted octanol–water partition coefficient (Wildman–Crippen LogP) is 4.14. The van der Waals surface area contributed by atoms with E-state index < -0.39 is 0 Å². The Labute approximate surface area is 175 Å². The first-order valence-electron chi connectivity index (χ1n) is 9.31. The van der Waals surface area contributed by atoms with E-state index in [0.29, 0.717) is 23.1 Å². The normalized spacial score (nSPS) is 12.5. The van der Waals surface area contributed by atoms with Crippen LogP contribution in [0.3, 0.4) is 0 Å². The molecule has 28 heavy (non-hydrogen) atoms. The van der Waals surface area contributed by atoms with Gasteiger partial charge in [0, 0.05) is 18.6 Å². The maximum absolute atomic E-state index is 12.0. The number of nitrogens with one attached hydrogen (secondary N) is 2. The van der Waals surface area contributed by atoms with Crippen molar-refractivity contribution in [3.8, 4) is 0 Å². The molecule has 8 heteroatoms. The number of esters is 1. The highest BCUT2D eigenvalue weighted by Crippen LogP contribution is 2.24. The third-order valence-electron chi connectivity index (χ3n) is 4.09. The van der Waals surface area contributed by atoms with Crippen molar-refractivity contribution in [3.63, 3.8) is 0 Å². The second kappa shape index (κ2) is 11.0. The molecule has 1 heterocycles. The van der Waals surface area contributed by atoms with E-state index >= 15 is 0 Å². The Kier molecular flexibility index (Phi) is 8.73. The number of aryl methyl sites for hydroxylation is 2. The number of benzene rings is 1. The number of halogens is 1. The minimum atomic E-state index is -0.321. The highest BCUT2D eigenvalue weighted by molar-refractivity contribution is 7.13. The van der Waals surface area contributed by atoms with Crippen LogP contribution in [0.25, 0.3) is 0 Å². The summed E-state index contributed by atoms with van der Waals surface area (Å²) in [5.74, 6) is 0.371. The zero-order valence-corrected chi connectivity index (χ0v) is 18.3. The van der Waals surface area contributed by atoms with Gasteiger partial charge in [-0.25, -0.2) is 9.78 Å². The number of ether oxygens (including phenoxy) is 1. The van der Waals surface area contributed by atoms with Crippen LogP contribution in [0.4, 0.5) is 0 Å². The van der Waals surface area contributed by atoms with Crippen LogP contribution in [0.1, 0.15) is 52.2 Å². The van der Waals surface area contributed by atoms with Crippen molar-refractivity contribution < 1.29 is 9.53 Å². The fourth-order valence-electron chi connectivity index (χ4n) is 2.64. The lowest BCUT2D eigenvalue weighted by Gasteiger charge is -2.16. The summed E-state index contributed by atoms with van der Waals surface area (Å²) in [4.78, 5) is 21.3. The number of guanidine groups is 1. The fourth-order valence-corrected chi connectivity index (χ4v) is 3.83. The van der Waals surface area contributed by atoms with Crippen LogP contribution >= 0.6 is 22.9 Å². The zero-order chi connectivity index (χ0) is 20.5. The number of thiazole rings is 1. The Balaban J connectivity index is 1.86. The maximum atomic E-state index is 12.0. The molecule has 1 aromatic heterocycles. The fraction of sp³-hybridized carbons (Fsp3) is 0.450. The molecule has 0 aliphatic rings. The van der Waals surface area contributed by atoms with Gasteiger partial charge in [-0.1, -0.05) is 29.8 Å². The largest absolute Gasteiger partial charge is 0.462 e. The minimum Gasteiger partial charge on any atom is -0.462 e. The first-order valence-corrected chi connectivity index (χ1v) is 10.5. The standard InChI is InChI=1S/C20H27ClN4O2S/c1-5-27-19(26)17-13(2)24-18(28-17)14(3)25-20(22-4)23-12-8-10-15-9-6-7-11-16(15)21/h6-7,9,11,14H,5,8,10,12H2,1-4H3,(H2,22,23,25). The number of nitrogens with zero attached hydrogens (tertiary/aromatic N) is 2. The molecule has 0 radical (unpaired) electrons. The second-order valence-electron chi connectivity index (χ2n) is 6.25. The molecular formula is C20H27ClN4O2S. The number of carbonyl (C=O) groups excluding carboxylic acids is 1. The van der Waals surface area contributed by atoms with Crippen LogP contribution in [0.5, 0.6) is 0 Å².